The molecule has 0 aromatic heterocycles. The van der Waals surface area contributed by atoms with Gasteiger partial charge in [0.1, 0.15) is 0 Å². The fourth-order valence-corrected chi connectivity index (χ4v) is 2.31. The lowest BCUT2D eigenvalue weighted by Gasteiger charge is -2.33. The van der Waals surface area contributed by atoms with Crippen molar-refractivity contribution in [3.8, 4) is 0 Å². The molecule has 1 aromatic carbocycles. The number of hydrogen-bond acceptors (Lipinski definition) is 2. The van der Waals surface area contributed by atoms with Gasteiger partial charge in [-0.05, 0) is 36.8 Å². The van der Waals surface area contributed by atoms with Gasteiger partial charge in [0.15, 0.2) is 0 Å². The molecular weight excluding hydrogens is 250 g/mol. The minimum Gasteiger partial charge on any atom is -0.299 e. The summed E-state index contributed by atoms with van der Waals surface area (Å²) in [6.45, 7) is 7.66. The number of benzene rings is 1. The topological polar surface area (TPSA) is 3.24 Å². The van der Waals surface area contributed by atoms with Crippen molar-refractivity contribution in [3.05, 3.63) is 34.9 Å². The molecule has 0 saturated carbocycles. The minimum atomic E-state index is 0.216. The maximum Gasteiger partial charge on any atom is 0.0453 e. The Morgan fingerprint density at radius 1 is 1.35 bits per heavy atom. The van der Waals surface area contributed by atoms with E-state index in [-0.39, 0.29) is 5.41 Å². The van der Waals surface area contributed by atoms with Crippen LogP contribution in [0, 0.1) is 5.41 Å². The highest BCUT2D eigenvalue weighted by Gasteiger charge is 2.22. The van der Waals surface area contributed by atoms with Crippen molar-refractivity contribution in [2.24, 2.45) is 5.41 Å². The predicted octanol–water partition coefficient (Wildman–Crippen LogP) is 4.29. The van der Waals surface area contributed by atoms with Gasteiger partial charge in [0.05, 0.1) is 0 Å². The van der Waals surface area contributed by atoms with Gasteiger partial charge in [-0.15, -0.1) is 0 Å². The quantitative estimate of drug-likeness (QED) is 0.782. The Hall–Kier alpha value is -0.180. The van der Waals surface area contributed by atoms with Crippen molar-refractivity contribution < 1.29 is 0 Å². The van der Waals surface area contributed by atoms with E-state index in [4.69, 9.17) is 11.6 Å². The van der Waals surface area contributed by atoms with Crippen LogP contribution in [0.15, 0.2) is 24.3 Å². The molecule has 1 unspecified atom stereocenters. The van der Waals surface area contributed by atoms with Gasteiger partial charge in [0.25, 0.3) is 0 Å². The molecule has 0 amide bonds. The second-order valence-corrected chi connectivity index (χ2v) is 6.16. The first-order chi connectivity index (χ1) is 7.87. The molecule has 17 heavy (non-hydrogen) atoms. The smallest absolute Gasteiger partial charge is 0.0453 e. The third kappa shape index (κ3) is 4.20. The summed E-state index contributed by atoms with van der Waals surface area (Å²) in [6.07, 6.45) is 0. The van der Waals surface area contributed by atoms with Crippen molar-refractivity contribution in [2.45, 2.75) is 26.8 Å². The summed E-state index contributed by atoms with van der Waals surface area (Å²) >= 11 is 10.6. The van der Waals surface area contributed by atoms with Crippen LogP contribution < -0.4 is 0 Å². The minimum absolute atomic E-state index is 0.216. The average molecular weight is 272 g/mol. The van der Waals surface area contributed by atoms with Crippen LogP contribution in [0.3, 0.4) is 0 Å². The molecule has 1 rings (SSSR count). The van der Waals surface area contributed by atoms with Crippen LogP contribution in [0.25, 0.3) is 0 Å². The largest absolute Gasteiger partial charge is 0.299 e. The molecule has 0 aliphatic carbocycles. The molecule has 0 saturated heterocycles. The van der Waals surface area contributed by atoms with Crippen LogP contribution in [0.2, 0.25) is 5.02 Å². The standard InChI is InChI=1S/C14H22ClNS/c1-11(12-7-5-6-8-13(12)15)16(4)9-14(2,3)10-17/h5-8,11,17H,9-10H2,1-4H3. The summed E-state index contributed by atoms with van der Waals surface area (Å²) < 4.78 is 0. The highest BCUT2D eigenvalue weighted by Crippen LogP contribution is 2.29. The monoisotopic (exact) mass is 271 g/mol. The maximum atomic E-state index is 6.23. The maximum absolute atomic E-state index is 6.23. The van der Waals surface area contributed by atoms with Crippen LogP contribution in [-0.4, -0.2) is 24.2 Å². The molecule has 0 N–H and O–H groups in total. The lowest BCUT2D eigenvalue weighted by Crippen LogP contribution is -2.34. The first kappa shape index (κ1) is 14.9. The zero-order valence-electron chi connectivity index (χ0n) is 11.1. The summed E-state index contributed by atoms with van der Waals surface area (Å²) in [7, 11) is 2.14. The van der Waals surface area contributed by atoms with E-state index >= 15 is 0 Å². The molecule has 0 bridgehead atoms. The van der Waals surface area contributed by atoms with Crippen molar-refractivity contribution in [2.75, 3.05) is 19.3 Å². The van der Waals surface area contributed by atoms with Crippen molar-refractivity contribution in [3.63, 3.8) is 0 Å². The Bertz CT molecular complexity index is 365. The van der Waals surface area contributed by atoms with E-state index in [0.29, 0.717) is 6.04 Å². The Kier molecular flexibility index (Phi) is 5.36. The molecule has 0 radical (unpaired) electrons. The zero-order valence-corrected chi connectivity index (χ0v) is 12.7. The van der Waals surface area contributed by atoms with Crippen LogP contribution in [0.4, 0.5) is 0 Å². The highest BCUT2D eigenvalue weighted by atomic mass is 35.5. The highest BCUT2D eigenvalue weighted by molar-refractivity contribution is 7.80. The molecule has 96 valence electrons. The molecule has 1 atom stereocenters. The first-order valence-electron chi connectivity index (χ1n) is 5.93. The second kappa shape index (κ2) is 6.12. The zero-order chi connectivity index (χ0) is 13.1. The molecule has 1 aromatic rings. The van der Waals surface area contributed by atoms with Gasteiger partial charge in [-0.3, -0.25) is 4.90 Å². The van der Waals surface area contributed by atoms with E-state index in [1.165, 1.54) is 5.56 Å². The van der Waals surface area contributed by atoms with Gasteiger partial charge in [0, 0.05) is 17.6 Å². The fourth-order valence-electron chi connectivity index (χ4n) is 1.91. The number of rotatable bonds is 5. The first-order valence-corrected chi connectivity index (χ1v) is 6.94. The van der Waals surface area contributed by atoms with Crippen LogP contribution in [-0.2, 0) is 0 Å². The Balaban J connectivity index is 2.77. The summed E-state index contributed by atoms with van der Waals surface area (Å²) in [6, 6.07) is 8.37. The third-order valence-corrected chi connectivity index (χ3v) is 4.32. The summed E-state index contributed by atoms with van der Waals surface area (Å²) in [5.74, 6) is 0.882. The Morgan fingerprint density at radius 2 is 1.94 bits per heavy atom. The number of halogens is 1. The van der Waals surface area contributed by atoms with Crippen molar-refractivity contribution >= 4 is 24.2 Å². The van der Waals surface area contributed by atoms with Gasteiger partial charge in [-0.25, -0.2) is 0 Å². The second-order valence-electron chi connectivity index (χ2n) is 5.43. The van der Waals surface area contributed by atoms with Crippen molar-refractivity contribution in [1.82, 2.24) is 4.90 Å². The van der Waals surface area contributed by atoms with E-state index in [2.05, 4.69) is 51.4 Å². The van der Waals surface area contributed by atoms with E-state index < -0.39 is 0 Å². The lowest BCUT2D eigenvalue weighted by atomic mass is 9.94. The van der Waals surface area contributed by atoms with Gasteiger partial charge < -0.3 is 0 Å². The summed E-state index contributed by atoms with van der Waals surface area (Å²) in [5.41, 5.74) is 1.40. The van der Waals surface area contributed by atoms with Gasteiger partial charge in [-0.2, -0.15) is 12.6 Å². The number of thiol groups is 1. The summed E-state index contributed by atoms with van der Waals surface area (Å²) in [4.78, 5) is 2.33. The van der Waals surface area contributed by atoms with Crippen LogP contribution in [0.1, 0.15) is 32.4 Å². The van der Waals surface area contributed by atoms with Crippen molar-refractivity contribution in [1.29, 1.82) is 0 Å². The predicted molar refractivity (Wildman–Crippen MR) is 80.1 cm³/mol. The lowest BCUT2D eigenvalue weighted by molar-refractivity contribution is 0.185. The Labute approximate surface area is 116 Å². The Morgan fingerprint density at radius 3 is 2.47 bits per heavy atom. The molecule has 1 nitrogen and oxygen atoms in total. The van der Waals surface area contributed by atoms with Gasteiger partial charge >= 0.3 is 0 Å². The SMILES string of the molecule is CC(c1ccccc1Cl)N(C)CC(C)(C)CS. The number of hydrogen-bond donors (Lipinski definition) is 1. The third-order valence-electron chi connectivity index (χ3n) is 3.12. The van der Waals surface area contributed by atoms with Crippen LogP contribution in [0.5, 0.6) is 0 Å². The normalized spacial score (nSPS) is 14.1. The molecule has 0 heterocycles. The fraction of sp³-hybridized carbons (Fsp3) is 0.571. The van der Waals surface area contributed by atoms with Gasteiger partial charge in [-0.1, -0.05) is 43.6 Å². The number of nitrogens with zero attached hydrogens (tertiary/aromatic N) is 1. The molecule has 0 spiro atoms. The molecule has 0 fully saturated rings. The molecule has 0 aliphatic heterocycles. The molecule has 3 heteroatoms. The van der Waals surface area contributed by atoms with E-state index in [0.717, 1.165) is 17.3 Å². The molecular formula is C14H22ClNS. The van der Waals surface area contributed by atoms with E-state index in [1.807, 2.05) is 18.2 Å². The van der Waals surface area contributed by atoms with E-state index in [9.17, 15) is 0 Å². The average Bonchev–Trinajstić information content (AvgIpc) is 2.28. The van der Waals surface area contributed by atoms with Gasteiger partial charge in [0.2, 0.25) is 0 Å². The molecule has 0 aliphatic rings. The van der Waals surface area contributed by atoms with Crippen LogP contribution >= 0.6 is 24.2 Å². The van der Waals surface area contributed by atoms with E-state index in [1.54, 1.807) is 0 Å². The summed E-state index contributed by atoms with van der Waals surface area (Å²) in [5, 5.41) is 0.843.